The van der Waals surface area contributed by atoms with Crippen molar-refractivity contribution in [1.82, 2.24) is 9.88 Å². The number of thiophene rings is 1. The molecule has 0 radical (unpaired) electrons. The van der Waals surface area contributed by atoms with Crippen molar-refractivity contribution in [2.75, 3.05) is 0 Å². The molecule has 10 rings (SSSR count). The van der Waals surface area contributed by atoms with Gasteiger partial charge in [-0.05, 0) is 35.9 Å². The maximum absolute atomic E-state index is 6.83. The maximum Gasteiger partial charge on any atom is 0.159 e. The number of nitrogens with zero attached hydrogens (tertiary/aromatic N) is 2. The van der Waals surface area contributed by atoms with Gasteiger partial charge in [0.25, 0.3) is 0 Å². The van der Waals surface area contributed by atoms with Crippen molar-refractivity contribution in [2.45, 2.75) is 12.3 Å². The van der Waals surface area contributed by atoms with Crippen LogP contribution in [0, 0.1) is 0 Å². The van der Waals surface area contributed by atoms with E-state index in [9.17, 15) is 0 Å². The van der Waals surface area contributed by atoms with Gasteiger partial charge in [0, 0.05) is 59.1 Å². The number of furan rings is 1. The number of hydrogen-bond donors (Lipinski definition) is 2. The summed E-state index contributed by atoms with van der Waals surface area (Å²) >= 11 is 1.80. The summed E-state index contributed by atoms with van der Waals surface area (Å²) in [6, 6.07) is 54.9. The zero-order chi connectivity index (χ0) is 33.9. The summed E-state index contributed by atoms with van der Waals surface area (Å²) in [5.41, 5.74) is 14.9. The molecule has 0 saturated carbocycles. The SMILES string of the molecule is NC(NC(N=Cc1cccc2c1c1ccccc1n2-c1cccc2c1oc1ccccc12)c1cccc2c1sc1ccccc12)c1ccccc1. The summed E-state index contributed by atoms with van der Waals surface area (Å²) in [5, 5.41) is 10.7. The second-order valence-corrected chi connectivity index (χ2v) is 14.0. The lowest BCUT2D eigenvalue weighted by Gasteiger charge is -2.21. The molecule has 0 bridgehead atoms. The van der Waals surface area contributed by atoms with Gasteiger partial charge in [0.2, 0.25) is 0 Å². The van der Waals surface area contributed by atoms with E-state index in [0.717, 1.165) is 66.1 Å². The van der Waals surface area contributed by atoms with Gasteiger partial charge in [0.15, 0.2) is 5.58 Å². The van der Waals surface area contributed by atoms with E-state index >= 15 is 0 Å². The smallest absolute Gasteiger partial charge is 0.159 e. The fourth-order valence-electron chi connectivity index (χ4n) is 7.60. The highest BCUT2D eigenvalue weighted by Crippen LogP contribution is 2.40. The van der Waals surface area contributed by atoms with Crippen LogP contribution in [0.5, 0.6) is 0 Å². The maximum atomic E-state index is 6.83. The predicted octanol–water partition coefficient (Wildman–Crippen LogP) is 11.4. The minimum atomic E-state index is -0.417. The number of fused-ring (bicyclic) bond motifs is 9. The molecule has 6 heteroatoms. The first-order chi connectivity index (χ1) is 25.2. The molecule has 0 aliphatic carbocycles. The van der Waals surface area contributed by atoms with Gasteiger partial charge in [-0.15, -0.1) is 11.3 Å². The average Bonchev–Trinajstić information content (AvgIpc) is 3.87. The van der Waals surface area contributed by atoms with E-state index in [0.29, 0.717) is 0 Å². The van der Waals surface area contributed by atoms with Crippen molar-refractivity contribution in [3.63, 3.8) is 0 Å². The molecule has 2 unspecified atom stereocenters. The van der Waals surface area contributed by atoms with Crippen LogP contribution in [-0.2, 0) is 0 Å². The second kappa shape index (κ2) is 12.1. The quantitative estimate of drug-likeness (QED) is 0.130. The highest BCUT2D eigenvalue weighted by atomic mass is 32.1. The number of nitrogens with one attached hydrogen (secondary N) is 1. The van der Waals surface area contributed by atoms with Crippen LogP contribution in [0.4, 0.5) is 0 Å². The Bertz CT molecular complexity index is 2940. The molecule has 0 aliphatic heterocycles. The fourth-order valence-corrected chi connectivity index (χ4v) is 8.84. The van der Waals surface area contributed by atoms with Gasteiger partial charge in [-0.2, -0.15) is 0 Å². The summed E-state index contributed by atoms with van der Waals surface area (Å²) in [5.74, 6) is 0. The van der Waals surface area contributed by atoms with Crippen molar-refractivity contribution in [1.29, 1.82) is 0 Å². The Morgan fingerprint density at radius 3 is 2.22 bits per heavy atom. The van der Waals surface area contributed by atoms with E-state index in [1.54, 1.807) is 11.3 Å². The molecule has 3 N–H and O–H groups in total. The highest BCUT2D eigenvalue weighted by molar-refractivity contribution is 7.26. The van der Waals surface area contributed by atoms with Crippen LogP contribution in [0.15, 0.2) is 167 Å². The first-order valence-electron chi connectivity index (χ1n) is 17.2. The Labute approximate surface area is 297 Å². The molecule has 3 heterocycles. The van der Waals surface area contributed by atoms with Crippen LogP contribution in [0.25, 0.3) is 69.6 Å². The second-order valence-electron chi connectivity index (χ2n) is 12.9. The van der Waals surface area contributed by atoms with E-state index in [-0.39, 0.29) is 0 Å². The third-order valence-electron chi connectivity index (χ3n) is 9.94. The molecule has 0 spiro atoms. The van der Waals surface area contributed by atoms with E-state index in [4.69, 9.17) is 15.1 Å². The van der Waals surface area contributed by atoms with Gasteiger partial charge in [0.05, 0.1) is 22.9 Å². The molecule has 0 saturated heterocycles. The number of hydrogen-bond acceptors (Lipinski definition) is 5. The molecule has 10 aromatic rings. The molecular formula is C45H32N4OS. The van der Waals surface area contributed by atoms with Crippen LogP contribution in [0.1, 0.15) is 29.0 Å². The summed E-state index contributed by atoms with van der Waals surface area (Å²) in [4.78, 5) is 5.33. The van der Waals surface area contributed by atoms with Gasteiger partial charge in [-0.1, -0.05) is 127 Å². The third-order valence-corrected chi connectivity index (χ3v) is 11.2. The number of para-hydroxylation sites is 3. The lowest BCUT2D eigenvalue weighted by molar-refractivity contribution is 0.469. The van der Waals surface area contributed by atoms with Crippen LogP contribution in [0.3, 0.4) is 0 Å². The minimum absolute atomic E-state index is 0.398. The van der Waals surface area contributed by atoms with Crippen molar-refractivity contribution in [3.05, 3.63) is 174 Å². The molecule has 3 aromatic heterocycles. The van der Waals surface area contributed by atoms with E-state index in [2.05, 4.69) is 137 Å². The number of benzene rings is 7. The molecule has 0 amide bonds. The molecule has 2 atom stereocenters. The normalized spacial score (nSPS) is 13.4. The summed E-state index contributed by atoms with van der Waals surface area (Å²) in [7, 11) is 0. The average molecular weight is 677 g/mol. The molecule has 7 aromatic carbocycles. The number of rotatable bonds is 7. The van der Waals surface area contributed by atoms with Gasteiger partial charge < -0.3 is 14.7 Å². The summed E-state index contributed by atoms with van der Waals surface area (Å²) < 4.78 is 11.3. The van der Waals surface area contributed by atoms with Crippen LogP contribution >= 0.6 is 11.3 Å². The van der Waals surface area contributed by atoms with Crippen LogP contribution < -0.4 is 11.1 Å². The lowest BCUT2D eigenvalue weighted by Crippen LogP contribution is -2.31. The van der Waals surface area contributed by atoms with E-state index < -0.39 is 12.3 Å². The Hall–Kier alpha value is -6.05. The lowest BCUT2D eigenvalue weighted by atomic mass is 10.1. The molecular weight excluding hydrogens is 645 g/mol. The first-order valence-corrected chi connectivity index (χ1v) is 18.0. The highest BCUT2D eigenvalue weighted by Gasteiger charge is 2.21. The number of aliphatic imine (C=N–C) groups is 1. The summed E-state index contributed by atoms with van der Waals surface area (Å²) in [6.45, 7) is 0. The standard InChI is InChI=1S/C45H32N4OS/c46-44(28-13-2-1-3-14-28)48-45(35-21-11-20-33-31-17-6-9-26-40(31)51-43(33)35)47-27-29-15-10-23-37-41(29)34-18-4-7-22-36(34)49(37)38-24-12-19-32-30-16-5-8-25-39(30)50-42(32)38/h1-27,44-45,48H,46H2. The van der Waals surface area contributed by atoms with E-state index in [1.807, 2.05) is 36.5 Å². The monoisotopic (exact) mass is 676 g/mol. The largest absolute Gasteiger partial charge is 0.454 e. The minimum Gasteiger partial charge on any atom is -0.454 e. The Kier molecular flexibility index (Phi) is 7.06. The Morgan fingerprint density at radius 2 is 1.31 bits per heavy atom. The van der Waals surface area contributed by atoms with Crippen LogP contribution in [0.2, 0.25) is 0 Å². The van der Waals surface area contributed by atoms with Crippen LogP contribution in [-0.4, -0.2) is 10.8 Å². The Balaban J connectivity index is 1.15. The molecule has 5 nitrogen and oxygen atoms in total. The van der Waals surface area contributed by atoms with Crippen molar-refractivity contribution in [2.24, 2.45) is 10.7 Å². The number of aromatic nitrogens is 1. The summed E-state index contributed by atoms with van der Waals surface area (Å²) in [6.07, 6.45) is 1.20. The predicted molar refractivity (Wildman–Crippen MR) is 214 cm³/mol. The van der Waals surface area contributed by atoms with Crippen molar-refractivity contribution in [3.8, 4) is 5.69 Å². The molecule has 0 fully saturated rings. The van der Waals surface area contributed by atoms with Crippen molar-refractivity contribution < 1.29 is 4.42 Å². The van der Waals surface area contributed by atoms with E-state index in [1.165, 1.54) is 20.2 Å². The topological polar surface area (TPSA) is 68.5 Å². The zero-order valence-electron chi connectivity index (χ0n) is 27.5. The molecule has 0 aliphatic rings. The molecule has 51 heavy (non-hydrogen) atoms. The Morgan fingerprint density at radius 1 is 0.627 bits per heavy atom. The number of nitrogens with two attached hydrogens (primary N) is 1. The fraction of sp³-hybridized carbons (Fsp3) is 0.0444. The third kappa shape index (κ3) is 4.88. The first kappa shape index (κ1) is 29.8. The zero-order valence-corrected chi connectivity index (χ0v) is 28.3. The molecule has 244 valence electrons. The van der Waals surface area contributed by atoms with Crippen molar-refractivity contribution >= 4 is 81.5 Å². The van der Waals surface area contributed by atoms with Gasteiger partial charge in [-0.3, -0.25) is 10.3 Å². The van der Waals surface area contributed by atoms with Gasteiger partial charge in [-0.25, -0.2) is 0 Å². The van der Waals surface area contributed by atoms with Gasteiger partial charge >= 0.3 is 0 Å². The van der Waals surface area contributed by atoms with Gasteiger partial charge in [0.1, 0.15) is 11.7 Å².